The first-order chi connectivity index (χ1) is 9.88. The van der Waals surface area contributed by atoms with Gasteiger partial charge in [-0.25, -0.2) is 0 Å². The highest BCUT2D eigenvalue weighted by Gasteiger charge is 2.33. The topological polar surface area (TPSA) is 41.1 Å². The van der Waals surface area contributed by atoms with E-state index >= 15 is 0 Å². The highest BCUT2D eigenvalue weighted by atomic mass is 35.5. The van der Waals surface area contributed by atoms with Gasteiger partial charge >= 0.3 is 6.18 Å². The number of hydrogen-bond donors (Lipinski definition) is 2. The summed E-state index contributed by atoms with van der Waals surface area (Å²) in [5.74, 6) is -0.326. The lowest BCUT2D eigenvalue weighted by atomic mass is 9.97. The van der Waals surface area contributed by atoms with Crippen molar-refractivity contribution in [2.24, 2.45) is 5.92 Å². The molecule has 1 heterocycles. The normalized spacial score (nSPS) is 16.0. The lowest BCUT2D eigenvalue weighted by molar-refractivity contribution is -0.138. The van der Waals surface area contributed by atoms with Gasteiger partial charge in [-0.1, -0.05) is 17.7 Å². The van der Waals surface area contributed by atoms with Gasteiger partial charge in [-0.05, 0) is 43.6 Å². The SMILES string of the molecule is Cl.O=C(NCc1ccc(Cl)cc1C(F)(F)F)C1CCNCC1. The molecule has 8 heteroatoms. The fourth-order valence-corrected chi connectivity index (χ4v) is 2.55. The Bertz CT molecular complexity index is 517. The van der Waals surface area contributed by atoms with E-state index in [1.54, 1.807) is 0 Å². The molecule has 0 radical (unpaired) electrons. The molecule has 1 aromatic rings. The number of halogens is 5. The van der Waals surface area contributed by atoms with Crippen molar-refractivity contribution in [2.45, 2.75) is 25.6 Å². The summed E-state index contributed by atoms with van der Waals surface area (Å²) in [6, 6.07) is 3.57. The van der Waals surface area contributed by atoms with Crippen molar-refractivity contribution < 1.29 is 18.0 Å². The minimum absolute atomic E-state index is 0. The molecule has 1 aliphatic heterocycles. The van der Waals surface area contributed by atoms with Crippen LogP contribution in [0.15, 0.2) is 18.2 Å². The minimum Gasteiger partial charge on any atom is -0.352 e. The zero-order chi connectivity index (χ0) is 15.5. The number of piperidine rings is 1. The van der Waals surface area contributed by atoms with Crippen LogP contribution in [0, 0.1) is 5.92 Å². The smallest absolute Gasteiger partial charge is 0.352 e. The molecule has 1 fully saturated rings. The molecule has 1 amide bonds. The largest absolute Gasteiger partial charge is 0.416 e. The predicted octanol–water partition coefficient (Wildman–Crippen LogP) is 3.40. The third-order valence-corrected chi connectivity index (χ3v) is 3.78. The van der Waals surface area contributed by atoms with E-state index in [0.717, 1.165) is 19.2 Å². The third kappa shape index (κ3) is 5.04. The number of benzene rings is 1. The molecule has 0 aliphatic carbocycles. The van der Waals surface area contributed by atoms with Gasteiger partial charge in [-0.15, -0.1) is 12.4 Å². The van der Waals surface area contributed by atoms with Crippen LogP contribution in [0.2, 0.25) is 5.02 Å². The quantitative estimate of drug-likeness (QED) is 0.871. The van der Waals surface area contributed by atoms with Crippen molar-refractivity contribution in [2.75, 3.05) is 13.1 Å². The Hall–Kier alpha value is -0.980. The molecule has 22 heavy (non-hydrogen) atoms. The Morgan fingerprint density at radius 3 is 2.55 bits per heavy atom. The molecule has 0 spiro atoms. The van der Waals surface area contributed by atoms with E-state index < -0.39 is 11.7 Å². The van der Waals surface area contributed by atoms with Gasteiger partial charge in [0.2, 0.25) is 5.91 Å². The van der Waals surface area contributed by atoms with E-state index in [1.807, 2.05) is 0 Å². The van der Waals surface area contributed by atoms with Crippen LogP contribution in [0.5, 0.6) is 0 Å². The van der Waals surface area contributed by atoms with Gasteiger partial charge < -0.3 is 10.6 Å². The Morgan fingerprint density at radius 2 is 1.95 bits per heavy atom. The second-order valence-corrected chi connectivity index (χ2v) is 5.48. The van der Waals surface area contributed by atoms with Crippen LogP contribution in [-0.2, 0) is 17.5 Å². The first-order valence-electron chi connectivity index (χ1n) is 6.72. The molecule has 0 atom stereocenters. The molecule has 1 aliphatic rings. The molecule has 3 nitrogen and oxygen atoms in total. The molecule has 1 aromatic carbocycles. The van der Waals surface area contributed by atoms with Crippen LogP contribution in [0.4, 0.5) is 13.2 Å². The number of carbonyl (C=O) groups excluding carboxylic acids is 1. The van der Waals surface area contributed by atoms with Gasteiger partial charge in [-0.3, -0.25) is 4.79 Å². The summed E-state index contributed by atoms with van der Waals surface area (Å²) < 4.78 is 38.8. The number of amides is 1. The van der Waals surface area contributed by atoms with E-state index in [0.29, 0.717) is 12.8 Å². The summed E-state index contributed by atoms with van der Waals surface area (Å²) in [7, 11) is 0. The summed E-state index contributed by atoms with van der Waals surface area (Å²) in [6.07, 6.45) is -3.07. The Morgan fingerprint density at radius 1 is 1.32 bits per heavy atom. The second kappa shape index (κ2) is 8.04. The van der Waals surface area contributed by atoms with Gasteiger partial charge in [0.1, 0.15) is 0 Å². The summed E-state index contributed by atoms with van der Waals surface area (Å²) in [5, 5.41) is 5.75. The Kier molecular flexibility index (Phi) is 6.97. The summed E-state index contributed by atoms with van der Waals surface area (Å²) in [5.41, 5.74) is -0.783. The van der Waals surface area contributed by atoms with E-state index in [1.165, 1.54) is 12.1 Å². The van der Waals surface area contributed by atoms with Crippen molar-refractivity contribution in [1.82, 2.24) is 10.6 Å². The minimum atomic E-state index is -4.49. The van der Waals surface area contributed by atoms with Gasteiger partial charge in [0, 0.05) is 17.5 Å². The average molecular weight is 357 g/mol. The van der Waals surface area contributed by atoms with E-state index in [-0.39, 0.29) is 41.4 Å². The number of hydrogen-bond acceptors (Lipinski definition) is 2. The van der Waals surface area contributed by atoms with Gasteiger partial charge in [0.15, 0.2) is 0 Å². The molecular formula is C14H17Cl2F3N2O. The van der Waals surface area contributed by atoms with Gasteiger partial charge in [0.25, 0.3) is 0 Å². The molecule has 0 saturated carbocycles. The zero-order valence-corrected chi connectivity index (χ0v) is 13.2. The lowest BCUT2D eigenvalue weighted by Gasteiger charge is -2.22. The lowest BCUT2D eigenvalue weighted by Crippen LogP contribution is -2.38. The van der Waals surface area contributed by atoms with Crippen molar-refractivity contribution in [3.05, 3.63) is 34.3 Å². The molecule has 0 bridgehead atoms. The molecule has 0 aromatic heterocycles. The van der Waals surface area contributed by atoms with Crippen LogP contribution in [0.1, 0.15) is 24.0 Å². The summed E-state index contributed by atoms with van der Waals surface area (Å²) in [4.78, 5) is 12.0. The van der Waals surface area contributed by atoms with Crippen molar-refractivity contribution in [3.63, 3.8) is 0 Å². The molecular weight excluding hydrogens is 340 g/mol. The van der Waals surface area contributed by atoms with Crippen LogP contribution in [-0.4, -0.2) is 19.0 Å². The summed E-state index contributed by atoms with van der Waals surface area (Å²) in [6.45, 7) is 1.37. The average Bonchev–Trinajstić information content (AvgIpc) is 2.45. The second-order valence-electron chi connectivity index (χ2n) is 5.04. The Labute approximate surface area is 138 Å². The van der Waals surface area contributed by atoms with E-state index in [9.17, 15) is 18.0 Å². The van der Waals surface area contributed by atoms with E-state index in [4.69, 9.17) is 11.6 Å². The first-order valence-corrected chi connectivity index (χ1v) is 7.10. The van der Waals surface area contributed by atoms with Crippen LogP contribution in [0.25, 0.3) is 0 Å². The van der Waals surface area contributed by atoms with E-state index in [2.05, 4.69) is 10.6 Å². The van der Waals surface area contributed by atoms with Crippen LogP contribution in [0.3, 0.4) is 0 Å². The maximum Gasteiger partial charge on any atom is 0.416 e. The van der Waals surface area contributed by atoms with Crippen LogP contribution >= 0.6 is 24.0 Å². The molecule has 2 rings (SSSR count). The Balaban J connectivity index is 0.00000242. The fourth-order valence-electron chi connectivity index (χ4n) is 2.38. The number of alkyl halides is 3. The molecule has 2 N–H and O–H groups in total. The van der Waals surface area contributed by atoms with Crippen LogP contribution < -0.4 is 10.6 Å². The van der Waals surface area contributed by atoms with Gasteiger partial charge in [-0.2, -0.15) is 13.2 Å². The molecule has 0 unspecified atom stereocenters. The number of carbonyl (C=O) groups is 1. The van der Waals surface area contributed by atoms with Crippen molar-refractivity contribution >= 4 is 29.9 Å². The standard InChI is InChI=1S/C14H16ClF3N2O.ClH/c15-11-2-1-10(12(7-11)14(16,17)18)8-20-13(21)9-3-5-19-6-4-9;/h1-2,7,9,19H,3-6,8H2,(H,20,21);1H. The molecule has 124 valence electrons. The monoisotopic (exact) mass is 356 g/mol. The maximum atomic E-state index is 12.9. The predicted molar refractivity (Wildman–Crippen MR) is 81.1 cm³/mol. The highest BCUT2D eigenvalue weighted by Crippen LogP contribution is 2.33. The van der Waals surface area contributed by atoms with Gasteiger partial charge in [0.05, 0.1) is 5.56 Å². The van der Waals surface area contributed by atoms with Crippen molar-refractivity contribution in [3.8, 4) is 0 Å². The van der Waals surface area contributed by atoms with Crippen molar-refractivity contribution in [1.29, 1.82) is 0 Å². The highest BCUT2D eigenvalue weighted by molar-refractivity contribution is 6.30. The number of rotatable bonds is 3. The fraction of sp³-hybridized carbons (Fsp3) is 0.500. The number of nitrogens with one attached hydrogen (secondary N) is 2. The maximum absolute atomic E-state index is 12.9. The first kappa shape index (κ1) is 19.1. The zero-order valence-electron chi connectivity index (χ0n) is 11.7. The molecule has 1 saturated heterocycles. The summed E-state index contributed by atoms with van der Waals surface area (Å²) >= 11 is 5.61. The third-order valence-electron chi connectivity index (χ3n) is 3.54.